The first-order valence-corrected chi connectivity index (χ1v) is 6.98. The van der Waals surface area contributed by atoms with Crippen LogP contribution in [0.3, 0.4) is 0 Å². The number of amides is 2. The molecule has 112 valence electrons. The Bertz CT molecular complexity index is 271. The lowest BCUT2D eigenvalue weighted by molar-refractivity contribution is -0.131. The maximum atomic E-state index is 11.8. The SMILES string of the molecule is CCNC(=O)CN(CC)CCC(=O)N(C)CCCN. The maximum Gasteiger partial charge on any atom is 0.234 e. The first-order chi connectivity index (χ1) is 9.04. The van der Waals surface area contributed by atoms with Gasteiger partial charge in [0.15, 0.2) is 0 Å². The van der Waals surface area contributed by atoms with Crippen LogP contribution in [0, 0.1) is 0 Å². The molecule has 0 rings (SSSR count). The van der Waals surface area contributed by atoms with E-state index in [1.807, 2.05) is 18.7 Å². The molecule has 0 spiro atoms. The monoisotopic (exact) mass is 272 g/mol. The smallest absolute Gasteiger partial charge is 0.234 e. The summed E-state index contributed by atoms with van der Waals surface area (Å²) < 4.78 is 0. The molecule has 3 N–H and O–H groups in total. The Morgan fingerprint density at radius 3 is 2.42 bits per heavy atom. The van der Waals surface area contributed by atoms with E-state index in [2.05, 4.69) is 5.32 Å². The number of carbonyl (C=O) groups excluding carboxylic acids is 2. The number of hydrogen-bond donors (Lipinski definition) is 2. The third-order valence-corrected chi connectivity index (χ3v) is 2.95. The lowest BCUT2D eigenvalue weighted by Gasteiger charge is -2.22. The second-order valence-electron chi connectivity index (χ2n) is 4.53. The van der Waals surface area contributed by atoms with Crippen LogP contribution in [0.15, 0.2) is 0 Å². The van der Waals surface area contributed by atoms with Crippen molar-refractivity contribution < 1.29 is 9.59 Å². The minimum Gasteiger partial charge on any atom is -0.355 e. The molecule has 0 aromatic heterocycles. The average molecular weight is 272 g/mol. The van der Waals surface area contributed by atoms with Gasteiger partial charge in [0.25, 0.3) is 0 Å². The van der Waals surface area contributed by atoms with Crippen LogP contribution in [0.25, 0.3) is 0 Å². The number of nitrogens with one attached hydrogen (secondary N) is 1. The molecule has 6 nitrogen and oxygen atoms in total. The van der Waals surface area contributed by atoms with Crippen molar-refractivity contribution in [1.82, 2.24) is 15.1 Å². The van der Waals surface area contributed by atoms with Gasteiger partial charge in [0.2, 0.25) is 11.8 Å². The molecular formula is C13H28N4O2. The highest BCUT2D eigenvalue weighted by Gasteiger charge is 2.12. The topological polar surface area (TPSA) is 78.7 Å². The van der Waals surface area contributed by atoms with Gasteiger partial charge in [-0.05, 0) is 26.4 Å². The zero-order valence-corrected chi connectivity index (χ0v) is 12.4. The molecule has 2 amide bonds. The summed E-state index contributed by atoms with van der Waals surface area (Å²) in [6.07, 6.45) is 1.26. The van der Waals surface area contributed by atoms with E-state index in [1.165, 1.54) is 0 Å². The van der Waals surface area contributed by atoms with Crippen LogP contribution in [-0.2, 0) is 9.59 Å². The first kappa shape index (κ1) is 17.9. The van der Waals surface area contributed by atoms with E-state index in [4.69, 9.17) is 5.73 Å². The van der Waals surface area contributed by atoms with Gasteiger partial charge in [-0.2, -0.15) is 0 Å². The van der Waals surface area contributed by atoms with Gasteiger partial charge in [-0.25, -0.2) is 0 Å². The number of likely N-dealkylation sites (N-methyl/N-ethyl adjacent to an activating group) is 2. The van der Waals surface area contributed by atoms with Crippen LogP contribution in [0.2, 0.25) is 0 Å². The van der Waals surface area contributed by atoms with Crippen molar-refractivity contribution in [2.24, 2.45) is 5.73 Å². The molecule has 19 heavy (non-hydrogen) atoms. The van der Waals surface area contributed by atoms with Crippen molar-refractivity contribution >= 4 is 11.8 Å². The zero-order valence-electron chi connectivity index (χ0n) is 12.4. The molecule has 0 aliphatic rings. The lowest BCUT2D eigenvalue weighted by atomic mass is 10.3. The van der Waals surface area contributed by atoms with Crippen molar-refractivity contribution in [2.45, 2.75) is 26.7 Å². The van der Waals surface area contributed by atoms with Crippen LogP contribution in [0.1, 0.15) is 26.7 Å². The third-order valence-electron chi connectivity index (χ3n) is 2.95. The fourth-order valence-electron chi connectivity index (χ4n) is 1.70. The van der Waals surface area contributed by atoms with Gasteiger partial charge in [-0.3, -0.25) is 14.5 Å². The highest BCUT2D eigenvalue weighted by Crippen LogP contribution is 1.97. The van der Waals surface area contributed by atoms with Gasteiger partial charge in [0, 0.05) is 33.1 Å². The van der Waals surface area contributed by atoms with E-state index in [1.54, 1.807) is 11.9 Å². The van der Waals surface area contributed by atoms with E-state index in [0.29, 0.717) is 39.1 Å². The summed E-state index contributed by atoms with van der Waals surface area (Å²) >= 11 is 0. The van der Waals surface area contributed by atoms with Crippen LogP contribution in [0.5, 0.6) is 0 Å². The normalized spacial score (nSPS) is 10.6. The average Bonchev–Trinajstić information content (AvgIpc) is 2.40. The summed E-state index contributed by atoms with van der Waals surface area (Å²) in [6, 6.07) is 0. The van der Waals surface area contributed by atoms with Crippen molar-refractivity contribution in [1.29, 1.82) is 0 Å². The molecule has 0 fully saturated rings. The number of hydrogen-bond acceptors (Lipinski definition) is 4. The number of nitrogens with two attached hydrogens (primary N) is 1. The second kappa shape index (κ2) is 10.8. The molecule has 0 bridgehead atoms. The molecule has 0 unspecified atom stereocenters. The Morgan fingerprint density at radius 1 is 1.21 bits per heavy atom. The largest absolute Gasteiger partial charge is 0.355 e. The summed E-state index contributed by atoms with van der Waals surface area (Å²) in [5.41, 5.74) is 5.41. The number of carbonyl (C=O) groups is 2. The molecule has 0 atom stereocenters. The Kier molecular flexibility index (Phi) is 10.1. The zero-order chi connectivity index (χ0) is 14.7. The van der Waals surface area contributed by atoms with Gasteiger partial charge in [-0.15, -0.1) is 0 Å². The predicted molar refractivity (Wildman–Crippen MR) is 76.7 cm³/mol. The van der Waals surface area contributed by atoms with Gasteiger partial charge in [0.1, 0.15) is 0 Å². The summed E-state index contributed by atoms with van der Waals surface area (Å²) in [4.78, 5) is 27.0. The van der Waals surface area contributed by atoms with E-state index in [-0.39, 0.29) is 11.8 Å². The summed E-state index contributed by atoms with van der Waals surface area (Å²) in [5, 5.41) is 2.76. The fraction of sp³-hybridized carbons (Fsp3) is 0.846. The molecular weight excluding hydrogens is 244 g/mol. The molecule has 6 heteroatoms. The molecule has 0 aliphatic carbocycles. The summed E-state index contributed by atoms with van der Waals surface area (Å²) in [7, 11) is 1.79. The first-order valence-electron chi connectivity index (χ1n) is 6.98. The standard InChI is InChI=1S/C13H28N4O2/c1-4-15-12(18)11-17(5-2)10-7-13(19)16(3)9-6-8-14/h4-11,14H2,1-3H3,(H,15,18). The van der Waals surface area contributed by atoms with E-state index >= 15 is 0 Å². The Morgan fingerprint density at radius 2 is 1.89 bits per heavy atom. The Balaban J connectivity index is 3.99. The number of nitrogens with zero attached hydrogens (tertiary/aromatic N) is 2. The Hall–Kier alpha value is -1.14. The number of rotatable bonds is 10. The molecule has 0 aromatic rings. The molecule has 0 radical (unpaired) electrons. The van der Waals surface area contributed by atoms with Gasteiger partial charge < -0.3 is 16.0 Å². The van der Waals surface area contributed by atoms with Crippen LogP contribution >= 0.6 is 0 Å². The van der Waals surface area contributed by atoms with Crippen molar-refractivity contribution in [2.75, 3.05) is 46.3 Å². The van der Waals surface area contributed by atoms with Gasteiger partial charge in [-0.1, -0.05) is 6.92 Å². The van der Waals surface area contributed by atoms with Crippen LogP contribution < -0.4 is 11.1 Å². The van der Waals surface area contributed by atoms with Gasteiger partial charge >= 0.3 is 0 Å². The predicted octanol–water partition coefficient (Wildman–Crippen LogP) is -0.358. The van der Waals surface area contributed by atoms with E-state index < -0.39 is 0 Å². The highest BCUT2D eigenvalue weighted by atomic mass is 16.2. The highest BCUT2D eigenvalue weighted by molar-refractivity contribution is 5.78. The van der Waals surface area contributed by atoms with Crippen molar-refractivity contribution in [3.05, 3.63) is 0 Å². The third kappa shape index (κ3) is 8.56. The fourth-order valence-corrected chi connectivity index (χ4v) is 1.70. The maximum absolute atomic E-state index is 11.8. The van der Waals surface area contributed by atoms with Crippen LogP contribution in [-0.4, -0.2) is 67.9 Å². The molecule has 0 aliphatic heterocycles. The van der Waals surface area contributed by atoms with Crippen LogP contribution in [0.4, 0.5) is 0 Å². The van der Waals surface area contributed by atoms with E-state index in [9.17, 15) is 9.59 Å². The van der Waals surface area contributed by atoms with E-state index in [0.717, 1.165) is 13.0 Å². The molecule has 0 heterocycles. The molecule has 0 saturated heterocycles. The molecule has 0 aromatic carbocycles. The van der Waals surface area contributed by atoms with Crippen molar-refractivity contribution in [3.63, 3.8) is 0 Å². The van der Waals surface area contributed by atoms with Gasteiger partial charge in [0.05, 0.1) is 6.54 Å². The lowest BCUT2D eigenvalue weighted by Crippen LogP contribution is -2.39. The van der Waals surface area contributed by atoms with Crippen molar-refractivity contribution in [3.8, 4) is 0 Å². The molecule has 0 saturated carbocycles. The Labute approximate surface area is 116 Å². The quantitative estimate of drug-likeness (QED) is 0.569. The minimum atomic E-state index is 0.00767. The summed E-state index contributed by atoms with van der Waals surface area (Å²) in [5.74, 6) is 0.107. The summed E-state index contributed by atoms with van der Waals surface area (Å²) in [6.45, 7) is 7.53. The second-order valence-corrected chi connectivity index (χ2v) is 4.53. The minimum absolute atomic E-state index is 0.00767.